The van der Waals surface area contributed by atoms with Crippen LogP contribution >= 0.6 is 27.5 Å². The van der Waals surface area contributed by atoms with Crippen LogP contribution in [0.15, 0.2) is 77.3 Å². The maximum atomic E-state index is 12.2. The summed E-state index contributed by atoms with van der Waals surface area (Å²) in [4.78, 5) is 24.3. The normalized spacial score (nSPS) is 11.3. The summed E-state index contributed by atoms with van der Waals surface area (Å²) in [5.74, 6) is -0.983. The monoisotopic (exact) mass is 495 g/mol. The summed E-state index contributed by atoms with van der Waals surface area (Å²) >= 11 is 9.72. The highest BCUT2D eigenvalue weighted by atomic mass is 79.9. The molecule has 7 heteroatoms. The van der Waals surface area contributed by atoms with Gasteiger partial charge in [-0.15, -0.1) is 0 Å². The average Bonchev–Trinajstić information content (AvgIpc) is 2.77. The molecule has 0 saturated heterocycles. The van der Waals surface area contributed by atoms with Crippen LogP contribution in [-0.4, -0.2) is 18.4 Å². The molecule has 3 aromatic carbocycles. The molecule has 5 nitrogen and oxygen atoms in total. The summed E-state index contributed by atoms with van der Waals surface area (Å²) in [5.41, 5.74) is 2.58. The van der Waals surface area contributed by atoms with E-state index in [1.807, 2.05) is 30.3 Å². The lowest BCUT2D eigenvalue weighted by atomic mass is 9.92. The van der Waals surface area contributed by atoms with Crippen molar-refractivity contribution in [1.29, 1.82) is 5.26 Å². The van der Waals surface area contributed by atoms with E-state index in [1.165, 1.54) is 0 Å². The van der Waals surface area contributed by atoms with E-state index in [-0.39, 0.29) is 24.8 Å². The second-order valence-corrected chi connectivity index (χ2v) is 8.09. The minimum Gasteiger partial charge on any atom is -0.352 e. The summed E-state index contributed by atoms with van der Waals surface area (Å²) in [6, 6.07) is 23.7. The fourth-order valence-electron chi connectivity index (χ4n) is 3.02. The molecule has 0 aliphatic rings. The molecule has 0 radical (unpaired) electrons. The van der Waals surface area contributed by atoms with Gasteiger partial charge in [0.05, 0.1) is 12.0 Å². The van der Waals surface area contributed by atoms with Crippen LogP contribution in [0.4, 0.5) is 5.69 Å². The number of carbonyl (C=O) groups is 2. The van der Waals surface area contributed by atoms with E-state index in [0.29, 0.717) is 21.8 Å². The Balaban J connectivity index is 1.56. The van der Waals surface area contributed by atoms with Crippen LogP contribution in [-0.2, 0) is 4.79 Å². The van der Waals surface area contributed by atoms with Crippen LogP contribution in [0.2, 0.25) is 5.02 Å². The van der Waals surface area contributed by atoms with E-state index in [2.05, 4.69) is 32.6 Å². The van der Waals surface area contributed by atoms with Gasteiger partial charge in [-0.2, -0.15) is 5.26 Å². The molecule has 0 aliphatic carbocycles. The predicted octanol–water partition coefficient (Wildman–Crippen LogP) is 5.52. The number of anilines is 1. The molecule has 156 valence electrons. The van der Waals surface area contributed by atoms with Gasteiger partial charge in [-0.3, -0.25) is 9.59 Å². The third-order valence-electron chi connectivity index (χ3n) is 4.60. The van der Waals surface area contributed by atoms with Gasteiger partial charge in [0, 0.05) is 33.7 Å². The molecule has 2 amide bonds. The van der Waals surface area contributed by atoms with Gasteiger partial charge in [-0.1, -0.05) is 63.9 Å². The van der Waals surface area contributed by atoms with E-state index in [0.717, 1.165) is 10.0 Å². The average molecular weight is 497 g/mol. The first-order valence-corrected chi connectivity index (χ1v) is 10.7. The minimum atomic E-state index is -0.493. The molecule has 0 heterocycles. The summed E-state index contributed by atoms with van der Waals surface area (Å²) in [7, 11) is 0. The third kappa shape index (κ3) is 6.17. The molecule has 0 spiro atoms. The van der Waals surface area contributed by atoms with Crippen LogP contribution in [0.5, 0.6) is 0 Å². The number of amides is 2. The topological polar surface area (TPSA) is 82.0 Å². The molecule has 3 rings (SSSR count). The molecule has 31 heavy (non-hydrogen) atoms. The third-order valence-corrected chi connectivity index (χ3v) is 5.46. The summed E-state index contributed by atoms with van der Waals surface area (Å²) < 4.78 is 0.887. The van der Waals surface area contributed by atoms with Crippen molar-refractivity contribution >= 4 is 45.0 Å². The lowest BCUT2D eigenvalue weighted by Gasteiger charge is -2.13. The van der Waals surface area contributed by atoms with Crippen molar-refractivity contribution < 1.29 is 9.59 Å². The number of halogens is 2. The van der Waals surface area contributed by atoms with Crippen molar-refractivity contribution in [2.75, 3.05) is 11.9 Å². The summed E-state index contributed by atoms with van der Waals surface area (Å²) in [5, 5.41) is 15.5. The summed E-state index contributed by atoms with van der Waals surface area (Å²) in [6.07, 6.45) is 0.118. The highest BCUT2D eigenvalue weighted by Gasteiger charge is 2.17. The molecular weight excluding hydrogens is 478 g/mol. The first-order valence-electron chi connectivity index (χ1n) is 9.55. The molecule has 2 N–H and O–H groups in total. The van der Waals surface area contributed by atoms with E-state index in [9.17, 15) is 14.9 Å². The summed E-state index contributed by atoms with van der Waals surface area (Å²) in [6.45, 7) is 0.205. The number of hydrogen-bond donors (Lipinski definition) is 2. The predicted molar refractivity (Wildman–Crippen MR) is 125 cm³/mol. The van der Waals surface area contributed by atoms with Gasteiger partial charge >= 0.3 is 0 Å². The number of benzene rings is 3. The second-order valence-electron chi connectivity index (χ2n) is 6.77. The van der Waals surface area contributed by atoms with Gasteiger partial charge in [0.15, 0.2) is 0 Å². The van der Waals surface area contributed by atoms with E-state index in [1.54, 1.807) is 42.5 Å². The first kappa shape index (κ1) is 22.5. The maximum Gasteiger partial charge on any atom is 0.251 e. The van der Waals surface area contributed by atoms with E-state index >= 15 is 0 Å². The number of nitriles is 1. The number of nitrogens with zero attached hydrogens (tertiary/aromatic N) is 1. The Morgan fingerprint density at radius 3 is 2.39 bits per heavy atom. The minimum absolute atomic E-state index is 0.118. The van der Waals surface area contributed by atoms with Crippen LogP contribution in [0.25, 0.3) is 0 Å². The molecule has 0 aliphatic heterocycles. The number of rotatable bonds is 7. The Kier molecular flexibility index (Phi) is 7.82. The Morgan fingerprint density at radius 1 is 1.03 bits per heavy atom. The van der Waals surface area contributed by atoms with Gasteiger partial charge in [0.2, 0.25) is 5.91 Å². The largest absolute Gasteiger partial charge is 0.352 e. The lowest BCUT2D eigenvalue weighted by molar-refractivity contribution is -0.116. The van der Waals surface area contributed by atoms with Gasteiger partial charge in [0.1, 0.15) is 0 Å². The Morgan fingerprint density at radius 2 is 1.74 bits per heavy atom. The zero-order valence-electron chi connectivity index (χ0n) is 16.4. The van der Waals surface area contributed by atoms with Crippen molar-refractivity contribution in [2.45, 2.75) is 12.3 Å². The first-order chi connectivity index (χ1) is 15.0. The van der Waals surface area contributed by atoms with Gasteiger partial charge in [-0.25, -0.2) is 0 Å². The van der Waals surface area contributed by atoms with Crippen molar-refractivity contribution in [3.05, 3.63) is 99.0 Å². The number of hydrogen-bond acceptors (Lipinski definition) is 3. The molecule has 0 fully saturated rings. The van der Waals surface area contributed by atoms with Crippen LogP contribution in [0.1, 0.15) is 33.8 Å². The molecule has 1 atom stereocenters. The zero-order valence-corrected chi connectivity index (χ0v) is 18.8. The van der Waals surface area contributed by atoms with E-state index < -0.39 is 5.92 Å². The van der Waals surface area contributed by atoms with Crippen molar-refractivity contribution in [2.24, 2.45) is 0 Å². The van der Waals surface area contributed by atoms with Gasteiger partial charge < -0.3 is 10.6 Å². The lowest BCUT2D eigenvalue weighted by Crippen LogP contribution is -2.27. The fraction of sp³-hybridized carbons (Fsp3) is 0.125. The molecule has 0 bridgehead atoms. The fourth-order valence-corrected chi connectivity index (χ4v) is 3.58. The SMILES string of the molecule is N#CC(c1ccccc1)c1ccc(NC(=O)CCNC(=O)c2ccc(Br)cc2)cc1Cl. The van der Waals surface area contributed by atoms with E-state index in [4.69, 9.17) is 11.6 Å². The van der Waals surface area contributed by atoms with Gasteiger partial charge in [-0.05, 0) is 47.5 Å². The molecule has 3 aromatic rings. The second kappa shape index (κ2) is 10.8. The number of nitrogens with one attached hydrogen (secondary N) is 2. The quantitative estimate of drug-likeness (QED) is 0.452. The van der Waals surface area contributed by atoms with Crippen LogP contribution < -0.4 is 10.6 Å². The Bertz CT molecular complexity index is 1110. The smallest absolute Gasteiger partial charge is 0.251 e. The Hall–Kier alpha value is -3.14. The standard InChI is InChI=1S/C24H19BrClN3O2/c25-18-8-6-17(7-9-18)24(31)28-13-12-23(30)29-19-10-11-20(22(26)14-19)21(15-27)16-4-2-1-3-5-16/h1-11,14,21H,12-13H2,(H,28,31)(H,29,30). The highest BCUT2D eigenvalue weighted by Crippen LogP contribution is 2.31. The molecule has 0 aromatic heterocycles. The number of carbonyl (C=O) groups excluding carboxylic acids is 2. The van der Waals surface area contributed by atoms with Crippen LogP contribution in [0, 0.1) is 11.3 Å². The van der Waals surface area contributed by atoms with Crippen molar-refractivity contribution in [3.8, 4) is 6.07 Å². The highest BCUT2D eigenvalue weighted by molar-refractivity contribution is 9.10. The Labute approximate surface area is 194 Å². The van der Waals surface area contributed by atoms with Crippen molar-refractivity contribution in [3.63, 3.8) is 0 Å². The molecule has 0 saturated carbocycles. The molecular formula is C24H19BrClN3O2. The van der Waals surface area contributed by atoms with Crippen molar-refractivity contribution in [1.82, 2.24) is 5.32 Å². The van der Waals surface area contributed by atoms with Gasteiger partial charge in [0.25, 0.3) is 5.91 Å². The maximum absolute atomic E-state index is 12.2. The molecule has 1 unspecified atom stereocenters. The zero-order chi connectivity index (χ0) is 22.2. The van der Waals surface area contributed by atoms with Crippen LogP contribution in [0.3, 0.4) is 0 Å².